The fourth-order valence-corrected chi connectivity index (χ4v) is 6.30. The standard InChI is InChI=1S/C27H39N3O4/c1-33-23-8-5-19(6-9-23)15-29-13-3-2-4-22(29)18-34-24-10-7-20-16-30(17-21(20)14-24)25-11-12-26(31)28-27(25)32/h7,10,14,19,22-23,25H,2-6,8-9,11-13,15-18H2,1H3,(H,28,31,32)/t19?,22-,23?,25?/m1/s1. The monoisotopic (exact) mass is 469 g/mol. The summed E-state index contributed by atoms with van der Waals surface area (Å²) in [5, 5.41) is 2.48. The van der Waals surface area contributed by atoms with Gasteiger partial charge in [-0.1, -0.05) is 12.5 Å². The Morgan fingerprint density at radius 3 is 2.62 bits per heavy atom. The molecule has 3 aliphatic heterocycles. The maximum Gasteiger partial charge on any atom is 0.243 e. The van der Waals surface area contributed by atoms with Crippen molar-refractivity contribution in [1.82, 2.24) is 15.1 Å². The number of hydrogen-bond donors (Lipinski definition) is 1. The Labute approximate surface area is 203 Å². The highest BCUT2D eigenvalue weighted by Crippen LogP contribution is 2.31. The van der Waals surface area contributed by atoms with Crippen molar-refractivity contribution in [2.24, 2.45) is 5.92 Å². The number of nitrogens with zero attached hydrogens (tertiary/aromatic N) is 2. The third kappa shape index (κ3) is 5.47. The summed E-state index contributed by atoms with van der Waals surface area (Å²) >= 11 is 0. The van der Waals surface area contributed by atoms with Gasteiger partial charge in [-0.2, -0.15) is 0 Å². The topological polar surface area (TPSA) is 71.1 Å². The molecule has 3 fully saturated rings. The molecule has 1 aromatic rings. The molecule has 34 heavy (non-hydrogen) atoms. The molecule has 3 heterocycles. The molecule has 5 rings (SSSR count). The molecule has 0 radical (unpaired) electrons. The number of methoxy groups -OCH3 is 1. The molecule has 1 unspecified atom stereocenters. The zero-order chi connectivity index (χ0) is 23.5. The second-order valence-corrected chi connectivity index (χ2v) is 10.6. The predicted molar refractivity (Wildman–Crippen MR) is 129 cm³/mol. The molecule has 0 aromatic heterocycles. The van der Waals surface area contributed by atoms with Gasteiger partial charge < -0.3 is 9.47 Å². The van der Waals surface area contributed by atoms with Crippen LogP contribution in [0.15, 0.2) is 18.2 Å². The van der Waals surface area contributed by atoms with Gasteiger partial charge in [0.15, 0.2) is 0 Å². The van der Waals surface area contributed by atoms with Crippen LogP contribution in [0.3, 0.4) is 0 Å². The first-order valence-electron chi connectivity index (χ1n) is 13.2. The number of hydrogen-bond acceptors (Lipinski definition) is 6. The number of ether oxygens (including phenoxy) is 2. The Bertz CT molecular complexity index is 883. The molecule has 0 spiro atoms. The first-order chi connectivity index (χ1) is 16.6. The Kier molecular flexibility index (Phi) is 7.52. The van der Waals surface area contributed by atoms with Gasteiger partial charge in [0.2, 0.25) is 11.8 Å². The van der Waals surface area contributed by atoms with Gasteiger partial charge >= 0.3 is 0 Å². The van der Waals surface area contributed by atoms with Crippen LogP contribution in [0.5, 0.6) is 5.75 Å². The van der Waals surface area contributed by atoms with Crippen LogP contribution in [0, 0.1) is 5.92 Å². The molecule has 2 saturated heterocycles. The quantitative estimate of drug-likeness (QED) is 0.618. The molecule has 1 N–H and O–H groups in total. The Balaban J connectivity index is 1.14. The summed E-state index contributed by atoms with van der Waals surface area (Å²) in [4.78, 5) is 28.6. The van der Waals surface area contributed by atoms with Crippen molar-refractivity contribution in [3.05, 3.63) is 29.3 Å². The van der Waals surface area contributed by atoms with E-state index in [1.54, 1.807) is 0 Å². The zero-order valence-corrected chi connectivity index (χ0v) is 20.5. The van der Waals surface area contributed by atoms with Gasteiger partial charge in [0.05, 0.1) is 12.1 Å². The second kappa shape index (κ2) is 10.8. The Hall–Kier alpha value is -1.96. The Morgan fingerprint density at radius 2 is 1.82 bits per heavy atom. The number of piperidine rings is 2. The summed E-state index contributed by atoms with van der Waals surface area (Å²) in [5.74, 6) is 1.39. The highest BCUT2D eigenvalue weighted by atomic mass is 16.5. The van der Waals surface area contributed by atoms with Crippen molar-refractivity contribution in [3.63, 3.8) is 0 Å². The molecule has 0 bridgehead atoms. The molecular formula is C27H39N3O4. The average molecular weight is 470 g/mol. The van der Waals surface area contributed by atoms with E-state index < -0.39 is 0 Å². The number of rotatable bonds is 7. The minimum absolute atomic E-state index is 0.159. The van der Waals surface area contributed by atoms with E-state index in [1.807, 2.05) is 7.11 Å². The predicted octanol–water partition coefficient (Wildman–Crippen LogP) is 3.25. The number of amides is 2. The van der Waals surface area contributed by atoms with Crippen LogP contribution in [0.1, 0.15) is 68.9 Å². The summed E-state index contributed by atoms with van der Waals surface area (Å²) in [6.07, 6.45) is 10.2. The number of benzene rings is 1. The van der Waals surface area contributed by atoms with E-state index in [0.717, 1.165) is 31.4 Å². The maximum atomic E-state index is 12.3. The fraction of sp³-hybridized carbons (Fsp3) is 0.704. The molecule has 186 valence electrons. The number of carbonyl (C=O) groups is 2. The van der Waals surface area contributed by atoms with E-state index in [9.17, 15) is 9.59 Å². The van der Waals surface area contributed by atoms with Crippen molar-refractivity contribution in [2.75, 3.05) is 26.8 Å². The smallest absolute Gasteiger partial charge is 0.243 e. The molecule has 2 amide bonds. The van der Waals surface area contributed by atoms with Crippen LogP contribution < -0.4 is 10.1 Å². The van der Waals surface area contributed by atoms with Gasteiger partial charge in [0, 0.05) is 39.2 Å². The molecule has 4 aliphatic rings. The van der Waals surface area contributed by atoms with Crippen molar-refractivity contribution in [1.29, 1.82) is 0 Å². The SMILES string of the molecule is COC1CCC(CN2CCCC[C@@H]2COc2ccc3c(c2)CN(C2CCC(=O)NC2=O)C3)CC1. The molecule has 1 aromatic carbocycles. The maximum absolute atomic E-state index is 12.3. The number of imide groups is 1. The van der Waals surface area contributed by atoms with E-state index in [-0.39, 0.29) is 17.9 Å². The van der Waals surface area contributed by atoms with E-state index in [1.165, 1.54) is 69.2 Å². The lowest BCUT2D eigenvalue weighted by Crippen LogP contribution is -2.50. The van der Waals surface area contributed by atoms with Gasteiger partial charge in [-0.3, -0.25) is 24.7 Å². The highest BCUT2D eigenvalue weighted by Gasteiger charge is 2.35. The lowest BCUT2D eigenvalue weighted by atomic mass is 9.86. The zero-order valence-electron chi connectivity index (χ0n) is 20.5. The van der Waals surface area contributed by atoms with Gasteiger partial charge in [-0.15, -0.1) is 0 Å². The highest BCUT2D eigenvalue weighted by molar-refractivity contribution is 6.00. The first-order valence-corrected chi connectivity index (χ1v) is 13.2. The van der Waals surface area contributed by atoms with Crippen LogP contribution in [0.4, 0.5) is 0 Å². The van der Waals surface area contributed by atoms with E-state index in [2.05, 4.69) is 33.3 Å². The van der Waals surface area contributed by atoms with Crippen molar-refractivity contribution in [3.8, 4) is 5.75 Å². The summed E-state index contributed by atoms with van der Waals surface area (Å²) in [6, 6.07) is 6.64. The third-order valence-corrected chi connectivity index (χ3v) is 8.39. The summed E-state index contributed by atoms with van der Waals surface area (Å²) in [7, 11) is 1.84. The van der Waals surface area contributed by atoms with Gasteiger partial charge in [0.1, 0.15) is 12.4 Å². The van der Waals surface area contributed by atoms with Gasteiger partial charge in [-0.25, -0.2) is 0 Å². The number of nitrogens with one attached hydrogen (secondary N) is 1. The van der Waals surface area contributed by atoms with Crippen LogP contribution in [0.2, 0.25) is 0 Å². The summed E-state index contributed by atoms with van der Waals surface area (Å²) in [5.41, 5.74) is 2.49. The Morgan fingerprint density at radius 1 is 1.00 bits per heavy atom. The molecular weight excluding hydrogens is 430 g/mol. The molecule has 1 saturated carbocycles. The number of likely N-dealkylation sites (tertiary alicyclic amines) is 1. The van der Waals surface area contributed by atoms with Crippen molar-refractivity contribution < 1.29 is 19.1 Å². The number of fused-ring (bicyclic) bond motifs is 1. The van der Waals surface area contributed by atoms with Crippen molar-refractivity contribution >= 4 is 11.8 Å². The molecule has 7 heteroatoms. The molecule has 1 aliphatic carbocycles. The molecule has 2 atom stereocenters. The van der Waals surface area contributed by atoms with Crippen LogP contribution in [-0.2, 0) is 27.4 Å². The third-order valence-electron chi connectivity index (χ3n) is 8.39. The minimum Gasteiger partial charge on any atom is -0.492 e. The summed E-state index contributed by atoms with van der Waals surface area (Å²) < 4.78 is 11.9. The minimum atomic E-state index is -0.218. The van der Waals surface area contributed by atoms with Crippen LogP contribution in [0.25, 0.3) is 0 Å². The van der Waals surface area contributed by atoms with E-state index >= 15 is 0 Å². The van der Waals surface area contributed by atoms with Gasteiger partial charge in [-0.05, 0) is 80.7 Å². The normalized spacial score (nSPS) is 30.7. The fourth-order valence-electron chi connectivity index (χ4n) is 6.30. The molecule has 7 nitrogen and oxygen atoms in total. The lowest BCUT2D eigenvalue weighted by Gasteiger charge is -2.39. The second-order valence-electron chi connectivity index (χ2n) is 10.6. The van der Waals surface area contributed by atoms with Crippen molar-refractivity contribution in [2.45, 2.75) is 89.1 Å². The van der Waals surface area contributed by atoms with Crippen LogP contribution in [-0.4, -0.2) is 66.6 Å². The first kappa shape index (κ1) is 23.8. The van der Waals surface area contributed by atoms with Crippen LogP contribution >= 0.6 is 0 Å². The van der Waals surface area contributed by atoms with E-state index in [0.29, 0.717) is 25.0 Å². The average Bonchev–Trinajstić information content (AvgIpc) is 3.27. The van der Waals surface area contributed by atoms with E-state index in [4.69, 9.17) is 9.47 Å². The lowest BCUT2D eigenvalue weighted by molar-refractivity contribution is -0.137. The largest absolute Gasteiger partial charge is 0.492 e. The number of carbonyl (C=O) groups excluding carboxylic acids is 2. The summed E-state index contributed by atoms with van der Waals surface area (Å²) in [6.45, 7) is 4.60. The van der Waals surface area contributed by atoms with Gasteiger partial charge in [0.25, 0.3) is 0 Å².